The molecule has 0 fully saturated rings. The molecular weight excluding hydrogens is 371 g/mol. The molecule has 5 nitrogen and oxygen atoms in total. The van der Waals surface area contributed by atoms with Crippen molar-refractivity contribution in [2.75, 3.05) is 10.6 Å². The van der Waals surface area contributed by atoms with Gasteiger partial charge in [-0.1, -0.05) is 40.9 Å². The molecule has 0 aliphatic heterocycles. The van der Waals surface area contributed by atoms with Gasteiger partial charge in [0.1, 0.15) is 5.69 Å². The lowest BCUT2D eigenvalue weighted by Crippen LogP contribution is -2.15. The van der Waals surface area contributed by atoms with Crippen LogP contribution in [0.25, 0.3) is 0 Å². The Balaban J connectivity index is 1.82. The number of carbonyl (C=O) groups is 1. The number of carbonyl (C=O) groups excluding carboxylic acids is 1. The van der Waals surface area contributed by atoms with Crippen LogP contribution < -0.4 is 10.6 Å². The Hall–Kier alpha value is -2.63. The van der Waals surface area contributed by atoms with Crippen molar-refractivity contribution >= 4 is 46.4 Å². The van der Waals surface area contributed by atoms with E-state index in [0.29, 0.717) is 27.1 Å². The van der Waals surface area contributed by atoms with E-state index < -0.39 is 0 Å². The molecular formula is C19H16Cl2N4O. The number of benzene rings is 2. The molecule has 26 heavy (non-hydrogen) atoms. The number of anilines is 3. The molecule has 0 aliphatic rings. The van der Waals surface area contributed by atoms with Gasteiger partial charge in [-0.2, -0.15) is 0 Å². The average Bonchev–Trinajstić information content (AvgIpc) is 2.59. The number of halogens is 2. The summed E-state index contributed by atoms with van der Waals surface area (Å²) in [5.41, 5.74) is 3.33. The normalized spacial score (nSPS) is 10.5. The van der Waals surface area contributed by atoms with Gasteiger partial charge in [0.2, 0.25) is 5.95 Å². The van der Waals surface area contributed by atoms with Crippen molar-refractivity contribution in [3.05, 3.63) is 75.5 Å². The van der Waals surface area contributed by atoms with E-state index in [1.807, 2.05) is 31.2 Å². The second-order valence-electron chi connectivity index (χ2n) is 5.79. The lowest BCUT2D eigenvalue weighted by molar-refractivity contribution is 0.102. The molecule has 0 atom stereocenters. The van der Waals surface area contributed by atoms with Gasteiger partial charge in [0, 0.05) is 16.4 Å². The van der Waals surface area contributed by atoms with Crippen LogP contribution in [0.5, 0.6) is 0 Å². The Bertz CT molecular complexity index is 958. The summed E-state index contributed by atoms with van der Waals surface area (Å²) in [7, 11) is 0. The molecule has 7 heteroatoms. The maximum Gasteiger partial charge on any atom is 0.274 e. The quantitative estimate of drug-likeness (QED) is 0.629. The first kappa shape index (κ1) is 18.2. The number of aromatic nitrogens is 2. The SMILES string of the molecule is Cc1ccc(NC(=O)c2cc(C)nc(Nc3ccc(Cl)cc3Cl)n2)cc1. The van der Waals surface area contributed by atoms with Crippen molar-refractivity contribution in [1.29, 1.82) is 0 Å². The molecule has 0 saturated heterocycles. The fourth-order valence-corrected chi connectivity index (χ4v) is 2.74. The molecule has 1 aromatic heterocycles. The van der Waals surface area contributed by atoms with Crippen LogP contribution in [-0.2, 0) is 0 Å². The van der Waals surface area contributed by atoms with Crippen LogP contribution in [-0.4, -0.2) is 15.9 Å². The molecule has 2 aromatic carbocycles. The smallest absolute Gasteiger partial charge is 0.274 e. The summed E-state index contributed by atoms with van der Waals surface area (Å²) in [5, 5.41) is 6.81. The molecule has 3 aromatic rings. The predicted molar refractivity (Wildman–Crippen MR) is 106 cm³/mol. The minimum Gasteiger partial charge on any atom is -0.323 e. The van der Waals surface area contributed by atoms with Crippen molar-refractivity contribution in [1.82, 2.24) is 9.97 Å². The third kappa shape index (κ3) is 4.50. The van der Waals surface area contributed by atoms with Crippen LogP contribution in [0.3, 0.4) is 0 Å². The second-order valence-corrected chi connectivity index (χ2v) is 6.63. The Morgan fingerprint density at radius 1 is 0.962 bits per heavy atom. The lowest BCUT2D eigenvalue weighted by atomic mass is 10.2. The van der Waals surface area contributed by atoms with E-state index in [1.165, 1.54) is 0 Å². The number of hydrogen-bond donors (Lipinski definition) is 2. The zero-order valence-electron chi connectivity index (χ0n) is 14.2. The van der Waals surface area contributed by atoms with Gasteiger partial charge in [0.25, 0.3) is 5.91 Å². The summed E-state index contributed by atoms with van der Waals surface area (Å²) in [6.45, 7) is 3.78. The van der Waals surface area contributed by atoms with E-state index in [2.05, 4.69) is 20.6 Å². The maximum atomic E-state index is 12.5. The first-order valence-corrected chi connectivity index (χ1v) is 8.62. The van der Waals surface area contributed by atoms with Gasteiger partial charge >= 0.3 is 0 Å². The van der Waals surface area contributed by atoms with Gasteiger partial charge in [-0.25, -0.2) is 9.97 Å². The van der Waals surface area contributed by atoms with Crippen molar-refractivity contribution < 1.29 is 4.79 Å². The summed E-state index contributed by atoms with van der Waals surface area (Å²) in [5.74, 6) is -0.0344. The highest BCUT2D eigenvalue weighted by atomic mass is 35.5. The standard InChI is InChI=1S/C19H16Cl2N4O/c1-11-3-6-14(7-4-11)23-18(26)17-9-12(2)22-19(25-17)24-16-8-5-13(20)10-15(16)21/h3-10H,1-2H3,(H,23,26)(H,22,24,25). The molecule has 0 aliphatic carbocycles. The molecule has 0 bridgehead atoms. The molecule has 0 unspecified atom stereocenters. The number of amides is 1. The van der Waals surface area contributed by atoms with Crippen LogP contribution in [0.15, 0.2) is 48.5 Å². The average molecular weight is 387 g/mol. The molecule has 0 radical (unpaired) electrons. The van der Waals surface area contributed by atoms with Gasteiger partial charge in [0.15, 0.2) is 0 Å². The molecule has 2 N–H and O–H groups in total. The summed E-state index contributed by atoms with van der Waals surface area (Å²) >= 11 is 12.1. The summed E-state index contributed by atoms with van der Waals surface area (Å²) < 4.78 is 0. The van der Waals surface area contributed by atoms with Gasteiger partial charge in [-0.3, -0.25) is 4.79 Å². The molecule has 132 valence electrons. The van der Waals surface area contributed by atoms with Crippen LogP contribution in [0.4, 0.5) is 17.3 Å². The molecule has 1 amide bonds. The summed E-state index contributed by atoms with van der Waals surface area (Å²) in [4.78, 5) is 21.1. The highest BCUT2D eigenvalue weighted by Gasteiger charge is 2.12. The highest BCUT2D eigenvalue weighted by molar-refractivity contribution is 6.36. The van der Waals surface area contributed by atoms with Crippen molar-refractivity contribution in [2.24, 2.45) is 0 Å². The molecule has 1 heterocycles. The molecule has 3 rings (SSSR count). The number of rotatable bonds is 4. The van der Waals surface area contributed by atoms with E-state index in [-0.39, 0.29) is 17.5 Å². The van der Waals surface area contributed by atoms with E-state index >= 15 is 0 Å². The maximum absolute atomic E-state index is 12.5. The summed E-state index contributed by atoms with van der Waals surface area (Å²) in [6, 6.07) is 14.2. The van der Waals surface area contributed by atoms with Crippen molar-refractivity contribution in [2.45, 2.75) is 13.8 Å². The van der Waals surface area contributed by atoms with E-state index in [1.54, 1.807) is 31.2 Å². The van der Waals surface area contributed by atoms with Crippen LogP contribution in [0.2, 0.25) is 10.0 Å². The Kier molecular flexibility index (Phi) is 5.40. The largest absolute Gasteiger partial charge is 0.323 e. The van der Waals surface area contributed by atoms with Crippen LogP contribution in [0, 0.1) is 13.8 Å². The van der Waals surface area contributed by atoms with Crippen molar-refractivity contribution in [3.8, 4) is 0 Å². The third-order valence-electron chi connectivity index (χ3n) is 3.57. The number of hydrogen-bond acceptors (Lipinski definition) is 4. The van der Waals surface area contributed by atoms with E-state index in [4.69, 9.17) is 23.2 Å². The number of nitrogens with zero attached hydrogens (tertiary/aromatic N) is 2. The monoisotopic (exact) mass is 386 g/mol. The zero-order valence-corrected chi connectivity index (χ0v) is 15.7. The third-order valence-corrected chi connectivity index (χ3v) is 4.12. The minimum atomic E-state index is -0.315. The zero-order chi connectivity index (χ0) is 18.7. The highest BCUT2D eigenvalue weighted by Crippen LogP contribution is 2.27. The lowest BCUT2D eigenvalue weighted by Gasteiger charge is -2.10. The fraction of sp³-hybridized carbons (Fsp3) is 0.105. The first-order valence-electron chi connectivity index (χ1n) is 7.86. The Morgan fingerprint density at radius 2 is 1.69 bits per heavy atom. The van der Waals surface area contributed by atoms with Gasteiger partial charge in [-0.15, -0.1) is 0 Å². The predicted octanol–water partition coefficient (Wildman–Crippen LogP) is 5.40. The molecule has 0 spiro atoms. The van der Waals surface area contributed by atoms with Crippen LogP contribution in [0.1, 0.15) is 21.7 Å². The molecule has 0 saturated carbocycles. The van der Waals surface area contributed by atoms with Crippen LogP contribution >= 0.6 is 23.2 Å². The summed E-state index contributed by atoms with van der Waals surface area (Å²) in [6.07, 6.45) is 0. The topological polar surface area (TPSA) is 66.9 Å². The van der Waals surface area contributed by atoms with Gasteiger partial charge in [-0.05, 0) is 50.2 Å². The Labute approximate surface area is 161 Å². The van der Waals surface area contributed by atoms with Gasteiger partial charge < -0.3 is 10.6 Å². The second kappa shape index (κ2) is 7.72. The number of aryl methyl sites for hydroxylation is 2. The first-order chi connectivity index (χ1) is 12.4. The fourth-order valence-electron chi connectivity index (χ4n) is 2.28. The van der Waals surface area contributed by atoms with E-state index in [9.17, 15) is 4.79 Å². The van der Waals surface area contributed by atoms with Crippen molar-refractivity contribution in [3.63, 3.8) is 0 Å². The minimum absolute atomic E-state index is 0.255. The van der Waals surface area contributed by atoms with E-state index in [0.717, 1.165) is 5.56 Å². The Morgan fingerprint density at radius 3 is 2.38 bits per heavy atom. The number of nitrogens with one attached hydrogen (secondary N) is 2. The van der Waals surface area contributed by atoms with Gasteiger partial charge in [0.05, 0.1) is 10.7 Å².